The molecule has 0 fully saturated rings. The zero-order valence-corrected chi connectivity index (χ0v) is 7.79. The van der Waals surface area contributed by atoms with Gasteiger partial charge in [-0.25, -0.2) is 13.6 Å². The van der Waals surface area contributed by atoms with Crippen molar-refractivity contribution in [3.8, 4) is 6.07 Å². The first-order valence-electron chi connectivity index (χ1n) is 4.03. The van der Waals surface area contributed by atoms with Gasteiger partial charge in [0, 0.05) is 5.56 Å². The maximum atomic E-state index is 12.4. The highest BCUT2D eigenvalue weighted by atomic mass is 19.3. The fourth-order valence-corrected chi connectivity index (χ4v) is 1.24. The van der Waals surface area contributed by atoms with Crippen molar-refractivity contribution >= 4 is 5.97 Å². The summed E-state index contributed by atoms with van der Waals surface area (Å²) in [5.41, 5.74) is -0.638. The molecule has 0 aromatic heterocycles. The second kappa shape index (κ2) is 4.05. The van der Waals surface area contributed by atoms with Gasteiger partial charge in [0.15, 0.2) is 0 Å². The first kappa shape index (κ1) is 11.1. The minimum atomic E-state index is -2.78. The third-order valence-electron chi connectivity index (χ3n) is 1.98. The summed E-state index contributed by atoms with van der Waals surface area (Å²) >= 11 is 0. The van der Waals surface area contributed by atoms with E-state index in [4.69, 9.17) is 10.4 Å². The van der Waals surface area contributed by atoms with Crippen molar-refractivity contribution in [1.29, 1.82) is 5.26 Å². The minimum absolute atomic E-state index is 0.129. The Morgan fingerprint density at radius 2 is 2.13 bits per heavy atom. The van der Waals surface area contributed by atoms with Crippen molar-refractivity contribution in [1.82, 2.24) is 0 Å². The molecule has 0 heterocycles. The van der Waals surface area contributed by atoms with E-state index >= 15 is 0 Å². The van der Waals surface area contributed by atoms with Gasteiger partial charge in [-0.2, -0.15) is 5.26 Å². The number of rotatable bonds is 2. The first-order valence-corrected chi connectivity index (χ1v) is 4.03. The van der Waals surface area contributed by atoms with Crippen LogP contribution in [-0.4, -0.2) is 11.1 Å². The number of halogens is 2. The topological polar surface area (TPSA) is 61.1 Å². The van der Waals surface area contributed by atoms with Gasteiger partial charge in [-0.3, -0.25) is 0 Å². The van der Waals surface area contributed by atoms with Gasteiger partial charge in [0.1, 0.15) is 0 Å². The highest BCUT2D eigenvalue weighted by Gasteiger charge is 2.17. The van der Waals surface area contributed by atoms with Crippen molar-refractivity contribution in [2.45, 2.75) is 13.3 Å². The lowest BCUT2D eigenvalue weighted by atomic mass is 10.00. The van der Waals surface area contributed by atoms with Crippen molar-refractivity contribution in [2.24, 2.45) is 0 Å². The smallest absolute Gasteiger partial charge is 0.335 e. The van der Waals surface area contributed by atoms with E-state index in [9.17, 15) is 13.6 Å². The van der Waals surface area contributed by atoms with E-state index in [2.05, 4.69) is 0 Å². The number of nitrogens with zero attached hydrogens (tertiary/aromatic N) is 1. The molecule has 0 saturated carbocycles. The minimum Gasteiger partial charge on any atom is -0.478 e. The highest BCUT2D eigenvalue weighted by molar-refractivity contribution is 5.90. The molecule has 0 bridgehead atoms. The lowest BCUT2D eigenvalue weighted by molar-refractivity contribution is 0.0695. The third kappa shape index (κ3) is 2.10. The van der Waals surface area contributed by atoms with Crippen LogP contribution in [-0.2, 0) is 0 Å². The Hall–Kier alpha value is -1.96. The molecule has 0 radical (unpaired) electrons. The molecule has 0 amide bonds. The Kier molecular flexibility index (Phi) is 3.00. The van der Waals surface area contributed by atoms with Gasteiger partial charge < -0.3 is 5.11 Å². The highest BCUT2D eigenvalue weighted by Crippen LogP contribution is 2.25. The number of aromatic carboxylic acids is 1. The average Bonchev–Trinajstić information content (AvgIpc) is 2.16. The van der Waals surface area contributed by atoms with Crippen LogP contribution in [0.3, 0.4) is 0 Å². The number of aryl methyl sites for hydroxylation is 1. The molecule has 1 aromatic rings. The summed E-state index contributed by atoms with van der Waals surface area (Å²) < 4.78 is 24.9. The molecule has 78 valence electrons. The normalized spacial score (nSPS) is 10.1. The summed E-state index contributed by atoms with van der Waals surface area (Å²) in [7, 11) is 0. The molecule has 1 N–H and O–H groups in total. The Morgan fingerprint density at radius 3 is 2.53 bits per heavy atom. The standard InChI is InChI=1S/C10H7F2NO2/c1-5-2-8(9(11)12)6(4-13)3-7(5)10(14)15/h2-3,9H,1H3,(H,14,15). The molecular weight excluding hydrogens is 204 g/mol. The van der Waals surface area contributed by atoms with Crippen LogP contribution in [0.15, 0.2) is 12.1 Å². The predicted molar refractivity (Wildman–Crippen MR) is 47.8 cm³/mol. The van der Waals surface area contributed by atoms with Crippen molar-refractivity contribution in [3.63, 3.8) is 0 Å². The van der Waals surface area contributed by atoms with Crippen LogP contribution >= 0.6 is 0 Å². The van der Waals surface area contributed by atoms with Gasteiger partial charge in [-0.15, -0.1) is 0 Å². The fourth-order valence-electron chi connectivity index (χ4n) is 1.24. The number of hydrogen-bond donors (Lipinski definition) is 1. The first-order chi connectivity index (χ1) is 6.97. The number of hydrogen-bond acceptors (Lipinski definition) is 2. The van der Waals surface area contributed by atoms with Gasteiger partial charge >= 0.3 is 5.97 Å². The van der Waals surface area contributed by atoms with E-state index in [-0.39, 0.29) is 16.7 Å². The lowest BCUT2D eigenvalue weighted by Crippen LogP contribution is -2.03. The zero-order chi connectivity index (χ0) is 11.6. The molecule has 1 rings (SSSR count). The van der Waals surface area contributed by atoms with Crippen LogP contribution in [0.5, 0.6) is 0 Å². The van der Waals surface area contributed by atoms with Crippen LogP contribution in [0, 0.1) is 18.3 Å². The number of carboxylic acid groups (broad SMARTS) is 1. The van der Waals surface area contributed by atoms with Crippen LogP contribution in [0.2, 0.25) is 0 Å². The number of nitriles is 1. The molecule has 0 aliphatic heterocycles. The Bertz CT molecular complexity index is 449. The lowest BCUT2D eigenvalue weighted by Gasteiger charge is -2.06. The maximum Gasteiger partial charge on any atom is 0.335 e. The van der Waals surface area contributed by atoms with E-state index in [1.54, 1.807) is 6.07 Å². The SMILES string of the molecule is Cc1cc(C(F)F)c(C#N)cc1C(=O)O. The van der Waals surface area contributed by atoms with Crippen LogP contribution < -0.4 is 0 Å². The van der Waals surface area contributed by atoms with Crippen LogP contribution in [0.25, 0.3) is 0 Å². The van der Waals surface area contributed by atoms with Gasteiger partial charge in [0.2, 0.25) is 0 Å². The molecular formula is C10H7F2NO2. The van der Waals surface area contributed by atoms with Gasteiger partial charge in [-0.05, 0) is 24.6 Å². The molecule has 0 saturated heterocycles. The van der Waals surface area contributed by atoms with E-state index < -0.39 is 18.0 Å². The van der Waals surface area contributed by atoms with Gasteiger partial charge in [0.25, 0.3) is 6.43 Å². The predicted octanol–water partition coefficient (Wildman–Crippen LogP) is 2.50. The second-order valence-electron chi connectivity index (χ2n) is 2.97. The fraction of sp³-hybridized carbons (Fsp3) is 0.200. The Morgan fingerprint density at radius 1 is 1.53 bits per heavy atom. The molecule has 15 heavy (non-hydrogen) atoms. The average molecular weight is 211 g/mol. The molecule has 0 atom stereocenters. The number of alkyl halides is 2. The summed E-state index contributed by atoms with van der Waals surface area (Å²) in [6.07, 6.45) is -2.78. The summed E-state index contributed by atoms with van der Waals surface area (Å²) in [6.45, 7) is 1.41. The molecule has 0 aliphatic carbocycles. The van der Waals surface area contributed by atoms with E-state index in [1.807, 2.05) is 0 Å². The summed E-state index contributed by atoms with van der Waals surface area (Å²) in [4.78, 5) is 10.7. The second-order valence-corrected chi connectivity index (χ2v) is 2.97. The van der Waals surface area contributed by atoms with Crippen LogP contribution in [0.4, 0.5) is 8.78 Å². The third-order valence-corrected chi connectivity index (χ3v) is 1.98. The Labute approximate surface area is 84.6 Å². The van der Waals surface area contributed by atoms with E-state index in [0.29, 0.717) is 0 Å². The molecule has 1 aromatic carbocycles. The van der Waals surface area contributed by atoms with Crippen molar-refractivity contribution in [3.05, 3.63) is 34.4 Å². The van der Waals surface area contributed by atoms with Gasteiger partial charge in [-0.1, -0.05) is 0 Å². The van der Waals surface area contributed by atoms with E-state index in [1.165, 1.54) is 6.92 Å². The number of carbonyl (C=O) groups is 1. The number of carboxylic acids is 1. The summed E-state index contributed by atoms with van der Waals surface area (Å²) in [6, 6.07) is 3.56. The van der Waals surface area contributed by atoms with Gasteiger partial charge in [0.05, 0.1) is 17.2 Å². The van der Waals surface area contributed by atoms with Crippen molar-refractivity contribution in [2.75, 3.05) is 0 Å². The summed E-state index contributed by atoms with van der Waals surface area (Å²) in [5.74, 6) is -1.23. The molecule has 3 nitrogen and oxygen atoms in total. The Balaban J connectivity index is 3.44. The zero-order valence-electron chi connectivity index (χ0n) is 7.79. The largest absolute Gasteiger partial charge is 0.478 e. The maximum absolute atomic E-state index is 12.4. The van der Waals surface area contributed by atoms with Crippen molar-refractivity contribution < 1.29 is 18.7 Å². The molecule has 0 spiro atoms. The monoisotopic (exact) mass is 211 g/mol. The number of benzene rings is 1. The van der Waals surface area contributed by atoms with Crippen LogP contribution in [0.1, 0.15) is 33.5 Å². The summed E-state index contributed by atoms with van der Waals surface area (Å²) in [5, 5.41) is 17.3. The van der Waals surface area contributed by atoms with E-state index in [0.717, 1.165) is 12.1 Å². The molecule has 0 aliphatic rings. The molecule has 0 unspecified atom stereocenters. The quantitative estimate of drug-likeness (QED) is 0.817. The molecule has 5 heteroatoms.